The van der Waals surface area contributed by atoms with Crippen LogP contribution >= 0.6 is 11.8 Å². The van der Waals surface area contributed by atoms with Crippen molar-refractivity contribution in [1.29, 1.82) is 0 Å². The van der Waals surface area contributed by atoms with Gasteiger partial charge >= 0.3 is 5.97 Å². The van der Waals surface area contributed by atoms with Gasteiger partial charge in [-0.15, -0.1) is 11.8 Å². The Morgan fingerprint density at radius 3 is 2.91 bits per heavy atom. The lowest BCUT2D eigenvalue weighted by Gasteiger charge is -2.37. The summed E-state index contributed by atoms with van der Waals surface area (Å²) in [6, 6.07) is 11.6. The topological polar surface area (TPSA) is 87.8 Å². The van der Waals surface area contributed by atoms with Crippen LogP contribution in [0.25, 0.3) is 10.9 Å². The number of carbonyl (C=O) groups is 1. The number of carboxylic acid groups (broad SMARTS) is 1. The van der Waals surface area contributed by atoms with Crippen LogP contribution < -0.4 is 4.74 Å². The molecule has 2 aromatic heterocycles. The second kappa shape index (κ2) is 11.3. The molecular weight excluding hydrogens is 450 g/mol. The number of carboxylic acids is 1. The zero-order valence-corrected chi connectivity index (χ0v) is 20.6. The lowest BCUT2D eigenvalue weighted by molar-refractivity contribution is -0.146. The van der Waals surface area contributed by atoms with E-state index >= 15 is 0 Å². The standard InChI is InChI=1S/C26H33N3O4S/c1-28-12-3-4-25(28)34-15-14-29-13-10-18(22(17-29)26(31)32)5-8-24(30)20-9-11-27-23-7-6-19(33-2)16-21(20)23/h3-4,6-7,9,11-12,16,18,22,24,30H,5,8,10,13-15,17H2,1-2H3,(H,31,32)/t18-,22+,24-/m1/s1. The van der Waals surface area contributed by atoms with Crippen LogP contribution in [0.3, 0.4) is 0 Å². The molecule has 0 unspecified atom stereocenters. The SMILES string of the molecule is COc1ccc2nccc([C@H](O)CC[C@@H]3CCN(CCSc4cccn4C)C[C@@H]3C(=O)O)c2c1. The van der Waals surface area contributed by atoms with Crippen LogP contribution in [0.2, 0.25) is 0 Å². The van der Waals surface area contributed by atoms with E-state index in [4.69, 9.17) is 4.74 Å². The third-order valence-electron chi connectivity index (χ3n) is 6.86. The number of aryl methyl sites for hydroxylation is 1. The molecular formula is C26H33N3O4S. The molecule has 1 aliphatic heterocycles. The molecule has 0 radical (unpaired) electrons. The molecule has 34 heavy (non-hydrogen) atoms. The number of hydrogen-bond acceptors (Lipinski definition) is 6. The Morgan fingerprint density at radius 2 is 2.18 bits per heavy atom. The van der Waals surface area contributed by atoms with Gasteiger partial charge in [0, 0.05) is 43.7 Å². The number of thioether (sulfide) groups is 1. The Labute approximate surface area is 204 Å². The Kier molecular flexibility index (Phi) is 8.13. The molecule has 1 fully saturated rings. The fraction of sp³-hybridized carbons (Fsp3) is 0.462. The van der Waals surface area contributed by atoms with Crippen LogP contribution in [-0.4, -0.2) is 63.1 Å². The highest BCUT2D eigenvalue weighted by molar-refractivity contribution is 7.99. The highest BCUT2D eigenvalue weighted by Crippen LogP contribution is 2.34. The average molecular weight is 484 g/mol. The third kappa shape index (κ3) is 5.74. The molecule has 2 N–H and O–H groups in total. The van der Waals surface area contributed by atoms with E-state index in [1.165, 1.54) is 5.03 Å². The van der Waals surface area contributed by atoms with Crippen molar-refractivity contribution in [3.05, 3.63) is 54.4 Å². The number of aromatic nitrogens is 2. The largest absolute Gasteiger partial charge is 0.497 e. The molecule has 0 bridgehead atoms. The van der Waals surface area contributed by atoms with E-state index < -0.39 is 18.0 Å². The first-order chi connectivity index (χ1) is 16.5. The smallest absolute Gasteiger partial charge is 0.308 e. The van der Waals surface area contributed by atoms with Crippen molar-refractivity contribution in [3.8, 4) is 5.75 Å². The van der Waals surface area contributed by atoms with E-state index in [1.807, 2.05) is 43.6 Å². The quantitative estimate of drug-likeness (QED) is 0.418. The van der Waals surface area contributed by atoms with E-state index in [-0.39, 0.29) is 5.92 Å². The summed E-state index contributed by atoms with van der Waals surface area (Å²) in [6.07, 6.45) is 5.11. The number of pyridine rings is 1. The monoisotopic (exact) mass is 483 g/mol. The summed E-state index contributed by atoms with van der Waals surface area (Å²) >= 11 is 1.80. The van der Waals surface area contributed by atoms with E-state index in [0.717, 1.165) is 47.5 Å². The van der Waals surface area contributed by atoms with Crippen LogP contribution in [0, 0.1) is 11.8 Å². The van der Waals surface area contributed by atoms with Crippen LogP contribution in [0.4, 0.5) is 0 Å². The van der Waals surface area contributed by atoms with Gasteiger partial charge in [0.15, 0.2) is 0 Å². The second-order valence-corrected chi connectivity index (χ2v) is 10.1. The molecule has 3 aromatic rings. The number of nitrogens with zero attached hydrogens (tertiary/aromatic N) is 3. The number of ether oxygens (including phenoxy) is 1. The summed E-state index contributed by atoms with van der Waals surface area (Å²) in [7, 11) is 3.65. The first kappa shape index (κ1) is 24.6. The molecule has 0 saturated carbocycles. The van der Waals surface area contributed by atoms with Gasteiger partial charge in [-0.05, 0) is 73.7 Å². The number of aliphatic carboxylic acids is 1. The molecule has 0 aliphatic carbocycles. The van der Waals surface area contributed by atoms with E-state index in [9.17, 15) is 15.0 Å². The van der Waals surface area contributed by atoms with Crippen LogP contribution in [0.1, 0.15) is 30.9 Å². The lowest BCUT2D eigenvalue weighted by atomic mass is 9.81. The zero-order chi connectivity index (χ0) is 24.1. The number of methoxy groups -OCH3 is 1. The minimum absolute atomic E-state index is 0.0616. The molecule has 4 rings (SSSR count). The maximum atomic E-state index is 12.1. The fourth-order valence-corrected chi connectivity index (χ4v) is 5.86. The molecule has 0 amide bonds. The van der Waals surface area contributed by atoms with Gasteiger partial charge in [-0.2, -0.15) is 0 Å². The summed E-state index contributed by atoms with van der Waals surface area (Å²) in [5.74, 6) is 0.573. The fourth-order valence-electron chi connectivity index (χ4n) is 4.86. The summed E-state index contributed by atoms with van der Waals surface area (Å²) in [4.78, 5) is 18.7. The lowest BCUT2D eigenvalue weighted by Crippen LogP contribution is -2.44. The van der Waals surface area contributed by atoms with Gasteiger partial charge in [0.1, 0.15) is 5.75 Å². The van der Waals surface area contributed by atoms with Gasteiger partial charge in [-0.25, -0.2) is 0 Å². The van der Waals surface area contributed by atoms with Crippen molar-refractivity contribution < 1.29 is 19.7 Å². The second-order valence-electron chi connectivity index (χ2n) is 8.98. The Bertz CT molecular complexity index is 1120. The summed E-state index contributed by atoms with van der Waals surface area (Å²) in [6.45, 7) is 2.34. The van der Waals surface area contributed by atoms with Gasteiger partial charge in [0.25, 0.3) is 0 Å². The maximum absolute atomic E-state index is 12.1. The van der Waals surface area contributed by atoms with E-state index in [0.29, 0.717) is 19.4 Å². The highest BCUT2D eigenvalue weighted by atomic mass is 32.2. The van der Waals surface area contributed by atoms with Gasteiger partial charge < -0.3 is 24.4 Å². The summed E-state index contributed by atoms with van der Waals surface area (Å²) in [5, 5.41) is 23.0. The summed E-state index contributed by atoms with van der Waals surface area (Å²) in [5.41, 5.74) is 1.62. The number of aliphatic hydroxyl groups excluding tert-OH is 1. The van der Waals surface area contributed by atoms with Gasteiger partial charge in [0.05, 0.1) is 29.7 Å². The van der Waals surface area contributed by atoms with Crippen LogP contribution in [0.15, 0.2) is 53.8 Å². The highest BCUT2D eigenvalue weighted by Gasteiger charge is 2.34. The van der Waals surface area contributed by atoms with Crippen molar-refractivity contribution in [3.63, 3.8) is 0 Å². The molecule has 182 valence electrons. The Morgan fingerprint density at radius 1 is 1.32 bits per heavy atom. The molecule has 7 nitrogen and oxygen atoms in total. The minimum Gasteiger partial charge on any atom is -0.497 e. The maximum Gasteiger partial charge on any atom is 0.308 e. The van der Waals surface area contributed by atoms with Crippen LogP contribution in [0.5, 0.6) is 5.75 Å². The molecule has 1 aliphatic rings. The molecule has 3 heterocycles. The predicted molar refractivity (Wildman–Crippen MR) is 134 cm³/mol. The Balaban J connectivity index is 1.34. The number of piperidine rings is 1. The van der Waals surface area contributed by atoms with Crippen molar-refractivity contribution in [1.82, 2.24) is 14.5 Å². The minimum atomic E-state index is -0.738. The van der Waals surface area contributed by atoms with Crippen LogP contribution in [-0.2, 0) is 11.8 Å². The van der Waals surface area contributed by atoms with Gasteiger partial charge in [-0.1, -0.05) is 0 Å². The number of rotatable bonds is 10. The number of aliphatic hydroxyl groups is 1. The molecule has 0 spiro atoms. The first-order valence-corrected chi connectivity index (χ1v) is 12.7. The number of likely N-dealkylation sites (tertiary alicyclic amines) is 1. The molecule has 3 atom stereocenters. The average Bonchev–Trinajstić information content (AvgIpc) is 3.26. The Hall–Kier alpha value is -2.55. The van der Waals surface area contributed by atoms with Gasteiger partial charge in [-0.3, -0.25) is 9.78 Å². The first-order valence-electron chi connectivity index (χ1n) is 11.8. The van der Waals surface area contributed by atoms with E-state index in [2.05, 4.69) is 20.5 Å². The number of benzene rings is 1. The van der Waals surface area contributed by atoms with E-state index in [1.54, 1.807) is 25.1 Å². The van der Waals surface area contributed by atoms with Crippen molar-refractivity contribution >= 4 is 28.6 Å². The zero-order valence-electron chi connectivity index (χ0n) is 19.8. The third-order valence-corrected chi connectivity index (χ3v) is 7.97. The van der Waals surface area contributed by atoms with Crippen molar-refractivity contribution in [2.45, 2.75) is 30.4 Å². The molecule has 1 saturated heterocycles. The summed E-state index contributed by atoms with van der Waals surface area (Å²) < 4.78 is 7.44. The van der Waals surface area contributed by atoms with Crippen molar-refractivity contribution in [2.75, 3.05) is 32.5 Å². The number of fused-ring (bicyclic) bond motifs is 1. The molecule has 8 heteroatoms. The number of hydrogen-bond donors (Lipinski definition) is 2. The predicted octanol–water partition coefficient (Wildman–Crippen LogP) is 4.21. The van der Waals surface area contributed by atoms with Gasteiger partial charge in [0.2, 0.25) is 0 Å². The normalized spacial score (nSPS) is 19.9. The molecule has 1 aromatic carbocycles. The van der Waals surface area contributed by atoms with Crippen molar-refractivity contribution in [2.24, 2.45) is 18.9 Å².